The molecule has 0 saturated carbocycles. The molecule has 0 spiro atoms. The first-order valence-corrected chi connectivity index (χ1v) is 47.2. The zero-order chi connectivity index (χ0) is 93.2. The number of nitriles is 1. The van der Waals surface area contributed by atoms with E-state index >= 15 is 0 Å². The molecule has 141 heavy (non-hydrogen) atoms. The topological polar surface area (TPSA) is 102 Å². The van der Waals surface area contributed by atoms with Crippen LogP contribution in [-0.4, -0.2) is 27.4 Å². The number of aromatic nitrogens is 6. The second kappa shape index (κ2) is 31.7. The summed E-state index contributed by atoms with van der Waals surface area (Å²) in [7, 11) is 0. The van der Waals surface area contributed by atoms with Crippen molar-refractivity contribution < 1.29 is 13.3 Å². The van der Waals surface area contributed by atoms with Crippen molar-refractivity contribution in [2.24, 2.45) is 0 Å². The van der Waals surface area contributed by atoms with E-state index in [1.165, 1.54) is 48.5 Å². The molecule has 30 aromatic rings. The summed E-state index contributed by atoms with van der Waals surface area (Å²) in [5, 5.41) is 31.3. The first-order chi connectivity index (χ1) is 69.9. The Bertz CT molecular complexity index is 10500. The van der Waals surface area contributed by atoms with E-state index in [2.05, 4.69) is 425 Å². The highest BCUT2D eigenvalue weighted by Gasteiger charge is 2.29. The van der Waals surface area contributed by atoms with E-state index in [-0.39, 0.29) is 0 Å². The average Bonchev–Trinajstić information content (AvgIpc) is 1.58. The van der Waals surface area contributed by atoms with E-state index in [0.717, 1.165) is 216 Å². The highest BCUT2D eigenvalue weighted by molar-refractivity contribution is 6.29. The van der Waals surface area contributed by atoms with Crippen LogP contribution in [0.5, 0.6) is 0 Å². The summed E-state index contributed by atoms with van der Waals surface area (Å²) in [5.41, 5.74) is 32.6. The summed E-state index contributed by atoms with van der Waals surface area (Å²) in [6.07, 6.45) is 0. The Morgan fingerprint density at radius 2 is 0.539 bits per heavy atom. The number of benzene rings is 21. The Labute approximate surface area is 805 Å². The Hall–Kier alpha value is -19.7. The van der Waals surface area contributed by atoms with Gasteiger partial charge >= 0.3 is 0 Å². The van der Waals surface area contributed by atoms with Gasteiger partial charge in [0.05, 0.1) is 125 Å². The summed E-state index contributed by atoms with van der Waals surface area (Å²) < 4.78 is 33.3. The lowest BCUT2D eigenvalue weighted by Gasteiger charge is -2.19. The van der Waals surface area contributed by atoms with Gasteiger partial charge in [-0.25, -0.2) is 9.69 Å². The van der Waals surface area contributed by atoms with Crippen LogP contribution >= 0.6 is 0 Å². The molecule has 0 aliphatic rings. The molecule has 0 atom stereocenters. The van der Waals surface area contributed by atoms with E-state index in [4.69, 9.17) is 26.4 Å². The van der Waals surface area contributed by atoms with Gasteiger partial charge in [-0.05, 0) is 163 Å². The second-order valence-electron chi connectivity index (χ2n) is 36.0. The molecule has 0 N–H and O–H groups in total. The highest BCUT2D eigenvalue weighted by atomic mass is 16.3. The average molecular weight is 1800 g/mol. The molecule has 9 heterocycles. The lowest BCUT2D eigenvalue weighted by Crippen LogP contribution is -2.03. The maximum Gasteiger partial charge on any atom is 0.189 e. The fraction of sp³-hybridized carbons (Fsp3) is 0. The number of nitrogens with zero attached hydrogens (tertiary/aromatic N) is 9. The Morgan fingerprint density at radius 3 is 1.07 bits per heavy atom. The number of furan rings is 3. The molecular weight excluding hydrogens is 1720 g/mol. The minimum atomic E-state index is 0.605. The second-order valence-corrected chi connectivity index (χ2v) is 36.0. The summed E-state index contributed by atoms with van der Waals surface area (Å²) >= 11 is 0. The van der Waals surface area contributed by atoms with Crippen molar-refractivity contribution in [2.75, 3.05) is 0 Å². The highest BCUT2D eigenvalue weighted by Crippen LogP contribution is 2.51. The lowest BCUT2D eigenvalue weighted by atomic mass is 9.96. The lowest BCUT2D eigenvalue weighted by molar-refractivity contribution is 0.669. The molecule has 654 valence electrons. The van der Waals surface area contributed by atoms with Gasteiger partial charge in [-0.3, -0.25) is 0 Å². The van der Waals surface area contributed by atoms with Crippen LogP contribution in [0.15, 0.2) is 468 Å². The van der Waals surface area contributed by atoms with Crippen molar-refractivity contribution >= 4 is 208 Å². The molecule has 0 fully saturated rings. The summed E-state index contributed by atoms with van der Waals surface area (Å²) in [4.78, 5) is 7.74. The van der Waals surface area contributed by atoms with Crippen molar-refractivity contribution in [3.05, 3.63) is 483 Å². The minimum absolute atomic E-state index is 0.605. The first kappa shape index (κ1) is 79.8. The number of rotatable bonds is 9. The van der Waals surface area contributed by atoms with Gasteiger partial charge in [0.2, 0.25) is 0 Å². The fourth-order valence-electron chi connectivity index (χ4n) is 22.8. The van der Waals surface area contributed by atoms with Crippen LogP contribution in [0.4, 0.5) is 11.4 Å². The van der Waals surface area contributed by atoms with E-state index in [1.807, 2.05) is 72.8 Å². The molecule has 30 rings (SSSR count). The predicted molar refractivity (Wildman–Crippen MR) is 581 cm³/mol. The van der Waals surface area contributed by atoms with Gasteiger partial charge in [-0.2, -0.15) is 5.26 Å². The number of hydrogen-bond acceptors (Lipinski definition) is 4. The van der Waals surface area contributed by atoms with Crippen molar-refractivity contribution in [1.29, 1.82) is 5.26 Å². The number of para-hydroxylation sites is 15. The zero-order valence-electron chi connectivity index (χ0n) is 75.6. The van der Waals surface area contributed by atoms with Gasteiger partial charge in [0.15, 0.2) is 11.4 Å². The molecule has 0 aliphatic carbocycles. The largest absolute Gasteiger partial charge is 0.456 e. The number of hydrogen-bond donors (Lipinski definition) is 0. The van der Waals surface area contributed by atoms with Crippen LogP contribution in [0, 0.1) is 24.5 Å². The van der Waals surface area contributed by atoms with E-state index in [9.17, 15) is 5.26 Å². The van der Waals surface area contributed by atoms with E-state index in [1.54, 1.807) is 0 Å². The third kappa shape index (κ3) is 12.1. The van der Waals surface area contributed by atoms with Crippen molar-refractivity contribution in [1.82, 2.24) is 27.4 Å². The SMILES string of the molecule is N#Cc1cccc(-n2c3ccccc3c3ccccc32)c1-c1ccccc1-n1c2ccccc2c2c3oc4ccccc4c3ccc21.[C-]#[N+]c1ccc(-c2ccccc2-n2c3ccccc3c3cc4oc5ccccc5c4cc32)c(-n2c3ccccc3c3ccccc32)c1.[C-]#[N+]c1ccc(-n2c3ccccc3c3ccccc32)c(-c2ccccc2-n2c3ccccc3c3c4c(ccc32)oc2ccccc24)c1. The van der Waals surface area contributed by atoms with Crippen LogP contribution < -0.4 is 0 Å². The van der Waals surface area contributed by atoms with Crippen LogP contribution in [0.25, 0.3) is 274 Å². The summed E-state index contributed by atoms with van der Waals surface area (Å²) in [6, 6.07) is 161. The molecular formula is C129H75N9O3. The smallest absolute Gasteiger partial charge is 0.189 e. The fourth-order valence-corrected chi connectivity index (χ4v) is 22.8. The monoisotopic (exact) mass is 1800 g/mol. The minimum Gasteiger partial charge on any atom is -0.456 e. The molecule has 21 aromatic carbocycles. The maximum absolute atomic E-state index is 10.6. The molecule has 0 radical (unpaired) electrons. The van der Waals surface area contributed by atoms with Crippen molar-refractivity contribution in [3.63, 3.8) is 0 Å². The first-order valence-electron chi connectivity index (χ1n) is 47.2. The molecule has 12 heteroatoms. The molecule has 9 aromatic heterocycles. The molecule has 0 aliphatic heterocycles. The Kier molecular flexibility index (Phi) is 18.0. The molecule has 0 bridgehead atoms. The summed E-state index contributed by atoms with van der Waals surface area (Å²) in [5.74, 6) is 0. The van der Waals surface area contributed by atoms with Gasteiger partial charge in [-0.15, -0.1) is 0 Å². The third-order valence-electron chi connectivity index (χ3n) is 28.7. The van der Waals surface area contributed by atoms with Crippen molar-refractivity contribution in [2.45, 2.75) is 0 Å². The molecule has 0 saturated heterocycles. The molecule has 0 unspecified atom stereocenters. The van der Waals surface area contributed by atoms with Gasteiger partial charge in [0, 0.05) is 125 Å². The molecule has 12 nitrogen and oxygen atoms in total. The van der Waals surface area contributed by atoms with Crippen LogP contribution in [0.2, 0.25) is 0 Å². The normalized spacial score (nSPS) is 11.8. The molecule has 0 amide bonds. The van der Waals surface area contributed by atoms with E-state index in [0.29, 0.717) is 16.9 Å². The zero-order valence-corrected chi connectivity index (χ0v) is 75.6. The van der Waals surface area contributed by atoms with E-state index < -0.39 is 0 Å². The van der Waals surface area contributed by atoms with Gasteiger partial charge in [0.25, 0.3) is 0 Å². The predicted octanol–water partition coefficient (Wildman–Crippen LogP) is 35.3. The summed E-state index contributed by atoms with van der Waals surface area (Å²) in [6.45, 7) is 15.9. The quantitative estimate of drug-likeness (QED) is 0.134. The van der Waals surface area contributed by atoms with Crippen LogP contribution in [-0.2, 0) is 0 Å². The standard InChI is InChI=1S/3C43H25N3O/c1-44-27-22-23-32(40(24-27)45-36-17-7-2-12-28(36)29-13-3-8-18-37(29)45)30-14-4-9-19-38(30)46-39-20-10-5-15-31(39)34-26-43-35(25-41(34)46)33-16-6-11-21-42(33)47-43;1-44-27-22-23-38(45-34-17-7-2-12-28(34)29-13-3-8-18-35(29)45)33(26-27)30-14-4-9-19-36(30)46-37-20-10-5-15-31(37)42-39(46)24-25-41-43(42)32-16-6-11-21-40(32)47-41;44-26-27-12-11-22-38(45-34-18-6-1-13-28(34)29-14-2-7-19-35(29)45)41(27)32-16-3-8-20-36(32)46-37-21-9-4-17-33(37)42-39(46)25-24-31-30-15-5-10-23-40(30)47-43(31)42/h2*2-26H;1-25H. The van der Waals surface area contributed by atoms with Crippen molar-refractivity contribution in [3.8, 4) is 73.6 Å². The Morgan fingerprint density at radius 1 is 0.191 bits per heavy atom. The van der Waals surface area contributed by atoms with Crippen LogP contribution in [0.3, 0.4) is 0 Å². The third-order valence-corrected chi connectivity index (χ3v) is 28.7. The van der Waals surface area contributed by atoms with Gasteiger partial charge in [-0.1, -0.05) is 297 Å². The number of fused-ring (bicyclic) bond motifs is 29. The van der Waals surface area contributed by atoms with Crippen LogP contribution in [0.1, 0.15) is 5.56 Å². The maximum atomic E-state index is 10.6. The van der Waals surface area contributed by atoms with Gasteiger partial charge < -0.3 is 40.7 Å². The van der Waals surface area contributed by atoms with Gasteiger partial charge in [0.1, 0.15) is 33.5 Å². The Balaban J connectivity index is 0.000000104.